The first-order chi connectivity index (χ1) is 15.5. The number of likely N-dealkylation sites (tertiary alicyclic amines) is 1. The van der Waals surface area contributed by atoms with Crippen LogP contribution >= 0.6 is 36.4 Å². The van der Waals surface area contributed by atoms with E-state index in [2.05, 4.69) is 20.2 Å². The maximum Gasteiger partial charge on any atom is 0.270 e. The number of nitrogens with one attached hydrogen (secondary N) is 1. The molecule has 0 unspecified atom stereocenters. The van der Waals surface area contributed by atoms with Gasteiger partial charge in [-0.1, -0.05) is 11.6 Å². The molecule has 34 heavy (non-hydrogen) atoms. The van der Waals surface area contributed by atoms with Crippen molar-refractivity contribution < 1.29 is 0 Å². The van der Waals surface area contributed by atoms with E-state index in [0.29, 0.717) is 35.3 Å². The largest absolute Gasteiger partial charge is 0.310 e. The Morgan fingerprint density at radius 2 is 1.88 bits per heavy atom. The standard InChI is InChI=1S/C22H22ClN7O2.2ClH/c23-17-7-14(10-26-19(17)8-24)9-25-15-3-5-28(6-4-15)12-16-13-29-20(31)2-1-18-22(29)30(16)21(32)11-27-18;;/h1-2,7,10-11,15-16,25H,3-6,9,12-13H2;2*1H/t16-;;/m1../s1. The number of nitrogens with zero attached hydrogens (tertiary/aromatic N) is 6. The predicted molar refractivity (Wildman–Crippen MR) is 134 cm³/mol. The van der Waals surface area contributed by atoms with Gasteiger partial charge >= 0.3 is 0 Å². The summed E-state index contributed by atoms with van der Waals surface area (Å²) in [5, 5.41) is 12.9. The molecule has 1 N–H and O–H groups in total. The van der Waals surface area contributed by atoms with Gasteiger partial charge in [-0.25, -0.2) is 9.97 Å². The molecule has 0 radical (unpaired) electrons. The number of nitriles is 1. The number of piperidine rings is 1. The van der Waals surface area contributed by atoms with Gasteiger partial charge in [-0.05, 0) is 43.6 Å². The lowest BCUT2D eigenvalue weighted by molar-refractivity contribution is 0.171. The first kappa shape index (κ1) is 26.1. The van der Waals surface area contributed by atoms with Crippen LogP contribution in [0.2, 0.25) is 5.02 Å². The average Bonchev–Trinajstić information content (AvgIpc) is 3.19. The average molecular weight is 525 g/mol. The summed E-state index contributed by atoms with van der Waals surface area (Å²) in [5.41, 5.74) is 2.23. The SMILES string of the molecule is Cl.Cl.N#Cc1ncc(CNC2CCN(C[C@@H]3Cn4c(=O)ccc5ncc(=O)n3c54)CC2)cc1Cl. The summed E-state index contributed by atoms with van der Waals surface area (Å²) < 4.78 is 3.40. The zero-order chi connectivity index (χ0) is 22.2. The summed E-state index contributed by atoms with van der Waals surface area (Å²) in [6.45, 7) is 3.70. The van der Waals surface area contributed by atoms with Crippen LogP contribution in [-0.4, -0.2) is 49.7 Å². The molecule has 2 aliphatic heterocycles. The van der Waals surface area contributed by atoms with E-state index >= 15 is 0 Å². The number of hydrogen-bond acceptors (Lipinski definition) is 7. The van der Waals surface area contributed by atoms with E-state index in [1.54, 1.807) is 27.5 Å². The third kappa shape index (κ3) is 4.97. The number of pyridine rings is 2. The van der Waals surface area contributed by atoms with Gasteiger partial charge < -0.3 is 10.2 Å². The van der Waals surface area contributed by atoms with Crippen LogP contribution in [0.3, 0.4) is 0 Å². The minimum absolute atomic E-state index is 0. The normalized spacial score (nSPS) is 17.7. The molecule has 5 heterocycles. The maximum absolute atomic E-state index is 12.5. The highest BCUT2D eigenvalue weighted by Crippen LogP contribution is 2.24. The Balaban J connectivity index is 0.00000162. The summed E-state index contributed by atoms with van der Waals surface area (Å²) in [6.07, 6.45) is 4.99. The molecule has 0 amide bonds. The van der Waals surface area contributed by atoms with Crippen LogP contribution in [0, 0.1) is 11.3 Å². The van der Waals surface area contributed by atoms with E-state index in [0.717, 1.165) is 38.0 Å². The van der Waals surface area contributed by atoms with Crippen molar-refractivity contribution in [1.29, 1.82) is 5.26 Å². The molecule has 2 aliphatic rings. The monoisotopic (exact) mass is 523 g/mol. The second-order valence-corrected chi connectivity index (χ2v) is 8.76. The van der Waals surface area contributed by atoms with Crippen LogP contribution in [0.1, 0.15) is 30.1 Å². The highest BCUT2D eigenvalue weighted by atomic mass is 35.5. The van der Waals surface area contributed by atoms with Crippen molar-refractivity contribution in [1.82, 2.24) is 29.3 Å². The fraction of sp³-hybridized carbons (Fsp3) is 0.409. The minimum Gasteiger partial charge on any atom is -0.310 e. The molecule has 1 fully saturated rings. The molecule has 0 bridgehead atoms. The highest BCUT2D eigenvalue weighted by Gasteiger charge is 2.29. The Morgan fingerprint density at radius 1 is 1.12 bits per heavy atom. The molecule has 9 nitrogen and oxygen atoms in total. The second kappa shape index (κ2) is 10.8. The molecule has 0 aromatic carbocycles. The van der Waals surface area contributed by atoms with E-state index in [-0.39, 0.29) is 47.7 Å². The molecular formula is C22H24Cl3N7O2. The zero-order valence-electron chi connectivity index (χ0n) is 18.2. The van der Waals surface area contributed by atoms with Gasteiger partial charge in [0, 0.05) is 37.9 Å². The number of hydrogen-bond donors (Lipinski definition) is 1. The van der Waals surface area contributed by atoms with Gasteiger partial charge in [-0.15, -0.1) is 24.8 Å². The van der Waals surface area contributed by atoms with E-state index in [9.17, 15) is 9.59 Å². The van der Waals surface area contributed by atoms with Crippen molar-refractivity contribution in [3.8, 4) is 6.07 Å². The van der Waals surface area contributed by atoms with Gasteiger partial charge in [-0.3, -0.25) is 18.7 Å². The first-order valence-corrected chi connectivity index (χ1v) is 11.0. The van der Waals surface area contributed by atoms with Crippen LogP contribution in [0.5, 0.6) is 0 Å². The first-order valence-electron chi connectivity index (χ1n) is 10.6. The van der Waals surface area contributed by atoms with E-state index in [4.69, 9.17) is 16.9 Å². The molecule has 1 saturated heterocycles. The minimum atomic E-state index is -0.161. The lowest BCUT2D eigenvalue weighted by Crippen LogP contribution is -2.44. The Labute approximate surface area is 213 Å². The summed E-state index contributed by atoms with van der Waals surface area (Å²) in [5.74, 6) is 0. The molecular weight excluding hydrogens is 501 g/mol. The molecule has 3 aromatic rings. The molecule has 5 rings (SSSR count). The Hall–Kier alpha value is -2.48. The van der Waals surface area contributed by atoms with Crippen molar-refractivity contribution >= 4 is 47.6 Å². The predicted octanol–water partition coefficient (Wildman–Crippen LogP) is 2.13. The van der Waals surface area contributed by atoms with E-state index in [1.165, 1.54) is 12.3 Å². The summed E-state index contributed by atoms with van der Waals surface area (Å²) in [4.78, 5) is 35.5. The van der Waals surface area contributed by atoms with Gasteiger partial charge in [-0.2, -0.15) is 5.26 Å². The molecule has 0 saturated carbocycles. The van der Waals surface area contributed by atoms with Crippen molar-refractivity contribution in [3.63, 3.8) is 0 Å². The van der Waals surface area contributed by atoms with Crippen LogP contribution in [-0.2, 0) is 13.1 Å². The Kier molecular flexibility index (Phi) is 8.34. The number of halogens is 3. The van der Waals surface area contributed by atoms with Crippen molar-refractivity contribution in [3.05, 3.63) is 67.6 Å². The van der Waals surface area contributed by atoms with Gasteiger partial charge in [0.1, 0.15) is 17.2 Å². The van der Waals surface area contributed by atoms with Crippen LogP contribution in [0.25, 0.3) is 11.2 Å². The quantitative estimate of drug-likeness (QED) is 0.544. The van der Waals surface area contributed by atoms with Crippen LogP contribution in [0.4, 0.5) is 0 Å². The van der Waals surface area contributed by atoms with Crippen LogP contribution in [0.15, 0.2) is 40.2 Å². The number of rotatable bonds is 5. The van der Waals surface area contributed by atoms with E-state index < -0.39 is 0 Å². The molecule has 0 aliphatic carbocycles. The summed E-state index contributed by atoms with van der Waals surface area (Å²) in [7, 11) is 0. The smallest absolute Gasteiger partial charge is 0.270 e. The van der Waals surface area contributed by atoms with Crippen molar-refractivity contribution in [2.75, 3.05) is 19.6 Å². The van der Waals surface area contributed by atoms with Gasteiger partial charge in [0.05, 0.1) is 17.3 Å². The molecule has 0 spiro atoms. The Bertz CT molecular complexity index is 1340. The third-order valence-corrected chi connectivity index (χ3v) is 6.62. The molecule has 1 atom stereocenters. The van der Waals surface area contributed by atoms with Crippen molar-refractivity contribution in [2.45, 2.75) is 38.0 Å². The van der Waals surface area contributed by atoms with Crippen LogP contribution < -0.4 is 16.4 Å². The second-order valence-electron chi connectivity index (χ2n) is 8.35. The fourth-order valence-electron chi connectivity index (χ4n) is 4.70. The summed E-state index contributed by atoms with van der Waals surface area (Å²) in [6, 6.07) is 7.25. The summed E-state index contributed by atoms with van der Waals surface area (Å²) >= 11 is 6.07. The van der Waals surface area contributed by atoms with E-state index in [1.807, 2.05) is 6.07 Å². The lowest BCUT2D eigenvalue weighted by Gasteiger charge is -2.34. The van der Waals surface area contributed by atoms with Gasteiger partial charge in [0.25, 0.3) is 11.1 Å². The zero-order valence-corrected chi connectivity index (χ0v) is 20.6. The topological polar surface area (TPSA) is 109 Å². The molecule has 3 aromatic heterocycles. The highest BCUT2D eigenvalue weighted by molar-refractivity contribution is 6.31. The van der Waals surface area contributed by atoms with Gasteiger partial charge in [0.15, 0.2) is 5.69 Å². The Morgan fingerprint density at radius 3 is 2.59 bits per heavy atom. The lowest BCUT2D eigenvalue weighted by atomic mass is 10.0. The van der Waals surface area contributed by atoms with Crippen molar-refractivity contribution in [2.24, 2.45) is 0 Å². The molecule has 12 heteroatoms. The maximum atomic E-state index is 12.5. The number of aromatic nitrogens is 4. The molecule has 180 valence electrons. The third-order valence-electron chi connectivity index (χ3n) is 6.33. The fourth-order valence-corrected chi connectivity index (χ4v) is 4.93. The van der Waals surface area contributed by atoms with Gasteiger partial charge in [0.2, 0.25) is 0 Å².